The number of thiazole rings is 1. The van der Waals surface area contributed by atoms with Gasteiger partial charge in [0.05, 0.1) is 5.57 Å². The lowest BCUT2D eigenvalue weighted by Gasteiger charge is -2.23. The van der Waals surface area contributed by atoms with E-state index in [-0.39, 0.29) is 12.3 Å². The molecule has 0 aliphatic carbocycles. The van der Waals surface area contributed by atoms with Crippen molar-refractivity contribution in [2.75, 3.05) is 13.7 Å². The third-order valence-corrected chi connectivity index (χ3v) is 5.52. The van der Waals surface area contributed by atoms with Crippen molar-refractivity contribution in [2.24, 2.45) is 5.73 Å². The van der Waals surface area contributed by atoms with Gasteiger partial charge in [-0.1, -0.05) is 6.08 Å². The van der Waals surface area contributed by atoms with Crippen LogP contribution in [0, 0.1) is 0 Å². The molecule has 1 saturated heterocycles. The summed E-state index contributed by atoms with van der Waals surface area (Å²) in [5, 5.41) is 1.75. The largest absolute Gasteiger partial charge is 0.459 e. The fraction of sp³-hybridized carbons (Fsp3) is 0.450. The van der Waals surface area contributed by atoms with E-state index in [1.807, 2.05) is 12.3 Å². The minimum absolute atomic E-state index is 0.0236. The number of allylic oxidation sites excluding steroid dienone is 1. The van der Waals surface area contributed by atoms with Crippen molar-refractivity contribution in [3.63, 3.8) is 0 Å². The lowest BCUT2D eigenvalue weighted by atomic mass is 10.1. The summed E-state index contributed by atoms with van der Waals surface area (Å²) in [7, 11) is 1.78. The second-order valence-electron chi connectivity index (χ2n) is 7.19. The van der Waals surface area contributed by atoms with Crippen LogP contribution in [0.15, 0.2) is 29.4 Å². The molecular weight excluding hydrogens is 442 g/mol. The van der Waals surface area contributed by atoms with Crippen LogP contribution in [0.3, 0.4) is 0 Å². The molecule has 4 atom stereocenters. The van der Waals surface area contributed by atoms with Gasteiger partial charge in [-0.25, -0.2) is 9.78 Å². The molecule has 0 spiro atoms. The minimum atomic E-state index is -1.06. The van der Waals surface area contributed by atoms with Gasteiger partial charge in [-0.2, -0.15) is 0 Å². The van der Waals surface area contributed by atoms with Gasteiger partial charge in [0.2, 0.25) is 0 Å². The number of hydrogen-bond acceptors (Lipinski definition) is 11. The zero-order valence-electron chi connectivity index (χ0n) is 17.7. The number of carbonyl (C=O) groups is 4. The monoisotopic (exact) mass is 465 g/mol. The Morgan fingerprint density at radius 2 is 1.91 bits per heavy atom. The normalized spacial score (nSPS) is 24.6. The Labute approximate surface area is 187 Å². The molecule has 3 rings (SSSR count). The Morgan fingerprint density at radius 3 is 2.50 bits per heavy atom. The molecule has 0 saturated carbocycles. The number of primary amides is 1. The highest BCUT2D eigenvalue weighted by Crippen LogP contribution is 2.39. The quantitative estimate of drug-likeness (QED) is 0.453. The molecule has 3 heterocycles. The molecule has 2 aliphatic rings. The van der Waals surface area contributed by atoms with E-state index in [2.05, 4.69) is 4.98 Å². The van der Waals surface area contributed by atoms with Crippen molar-refractivity contribution < 1.29 is 38.1 Å². The SMILES string of the molecule is CC(=O)OC1C(COC(=O)C2=CN(C)C=CC2)OC(c2nc(C(N)=O)cs2)C1OC(C)=O. The van der Waals surface area contributed by atoms with Gasteiger partial charge in [-0.3, -0.25) is 14.4 Å². The lowest BCUT2D eigenvalue weighted by Crippen LogP contribution is -2.40. The Morgan fingerprint density at radius 1 is 1.22 bits per heavy atom. The summed E-state index contributed by atoms with van der Waals surface area (Å²) in [5.41, 5.74) is 5.73. The van der Waals surface area contributed by atoms with E-state index in [1.54, 1.807) is 18.1 Å². The summed E-state index contributed by atoms with van der Waals surface area (Å²) < 4.78 is 22.1. The molecule has 0 aromatic carbocycles. The summed E-state index contributed by atoms with van der Waals surface area (Å²) in [6.07, 6.45) is 1.69. The van der Waals surface area contributed by atoms with Gasteiger partial charge in [-0.15, -0.1) is 11.3 Å². The van der Waals surface area contributed by atoms with Crippen molar-refractivity contribution in [3.05, 3.63) is 40.1 Å². The second-order valence-corrected chi connectivity index (χ2v) is 8.08. The van der Waals surface area contributed by atoms with Crippen LogP contribution in [0.25, 0.3) is 0 Å². The van der Waals surface area contributed by atoms with E-state index < -0.39 is 48.2 Å². The van der Waals surface area contributed by atoms with Crippen LogP contribution in [0.5, 0.6) is 0 Å². The summed E-state index contributed by atoms with van der Waals surface area (Å²) in [4.78, 5) is 53.2. The van der Waals surface area contributed by atoms with E-state index in [0.717, 1.165) is 11.3 Å². The Balaban J connectivity index is 1.81. The van der Waals surface area contributed by atoms with Crippen LogP contribution >= 0.6 is 11.3 Å². The fourth-order valence-corrected chi connectivity index (χ4v) is 4.20. The molecule has 11 nitrogen and oxygen atoms in total. The van der Waals surface area contributed by atoms with Gasteiger partial charge in [0.15, 0.2) is 18.3 Å². The standard InChI is InChI=1S/C20H23N3O8S/c1-10(24)29-15-14(8-28-20(27)12-5-4-6-23(3)7-12)31-17(16(15)30-11(2)25)19-22-13(9-32-19)18(21)26/h4,6-7,9,14-17H,5,8H2,1-3H3,(H2,21,26). The Kier molecular flexibility index (Phi) is 7.26. The van der Waals surface area contributed by atoms with Gasteiger partial charge >= 0.3 is 17.9 Å². The molecule has 2 N–H and O–H groups in total. The number of aromatic nitrogens is 1. The van der Waals surface area contributed by atoms with Gasteiger partial charge in [0, 0.05) is 38.9 Å². The third kappa shape index (κ3) is 5.51. The first-order valence-corrected chi connectivity index (χ1v) is 10.5. The van der Waals surface area contributed by atoms with E-state index in [0.29, 0.717) is 17.0 Å². The maximum absolute atomic E-state index is 12.5. The highest BCUT2D eigenvalue weighted by Gasteiger charge is 2.51. The van der Waals surface area contributed by atoms with Crippen LogP contribution in [0.2, 0.25) is 0 Å². The maximum Gasteiger partial charge on any atom is 0.335 e. The number of rotatable bonds is 7. The zero-order chi connectivity index (χ0) is 23.4. The van der Waals surface area contributed by atoms with Crippen molar-refractivity contribution in [3.8, 4) is 0 Å². The molecule has 32 heavy (non-hydrogen) atoms. The molecule has 172 valence electrons. The highest BCUT2D eigenvalue weighted by molar-refractivity contribution is 7.09. The molecule has 1 fully saturated rings. The first kappa shape index (κ1) is 23.4. The molecule has 4 unspecified atom stereocenters. The van der Waals surface area contributed by atoms with Gasteiger partial charge in [-0.05, 0) is 6.20 Å². The van der Waals surface area contributed by atoms with Crippen molar-refractivity contribution >= 4 is 35.2 Å². The molecular formula is C20H23N3O8S. The van der Waals surface area contributed by atoms with E-state index in [9.17, 15) is 19.2 Å². The summed E-state index contributed by atoms with van der Waals surface area (Å²) in [5.74, 6) is -2.54. The number of esters is 3. The van der Waals surface area contributed by atoms with Crippen LogP contribution < -0.4 is 5.73 Å². The Hall–Kier alpha value is -3.25. The molecule has 0 radical (unpaired) electrons. The number of hydrogen-bond donors (Lipinski definition) is 1. The summed E-state index contributed by atoms with van der Waals surface area (Å²) in [6, 6.07) is 0. The van der Waals surface area contributed by atoms with Gasteiger partial charge in [0.25, 0.3) is 5.91 Å². The number of amides is 1. The summed E-state index contributed by atoms with van der Waals surface area (Å²) >= 11 is 1.08. The molecule has 1 amide bonds. The third-order valence-electron chi connectivity index (χ3n) is 4.61. The number of nitrogens with zero attached hydrogens (tertiary/aromatic N) is 2. The van der Waals surface area contributed by atoms with Gasteiger partial charge < -0.3 is 29.6 Å². The first-order valence-electron chi connectivity index (χ1n) is 9.67. The lowest BCUT2D eigenvalue weighted by molar-refractivity contribution is -0.165. The van der Waals surface area contributed by atoms with Crippen LogP contribution in [0.1, 0.15) is 41.9 Å². The fourth-order valence-electron chi connectivity index (χ4n) is 3.32. The molecule has 2 aliphatic heterocycles. The van der Waals surface area contributed by atoms with E-state index in [4.69, 9.17) is 24.7 Å². The topological polar surface area (TPSA) is 147 Å². The smallest absolute Gasteiger partial charge is 0.335 e. The predicted molar refractivity (Wildman–Crippen MR) is 110 cm³/mol. The van der Waals surface area contributed by atoms with Crippen LogP contribution in [0.4, 0.5) is 0 Å². The Bertz CT molecular complexity index is 972. The van der Waals surface area contributed by atoms with Crippen molar-refractivity contribution in [1.82, 2.24) is 9.88 Å². The molecule has 1 aromatic rings. The average Bonchev–Trinajstić information content (AvgIpc) is 3.32. The molecule has 1 aromatic heterocycles. The molecule has 12 heteroatoms. The number of nitrogens with two attached hydrogens (primary N) is 1. The van der Waals surface area contributed by atoms with Gasteiger partial charge in [0.1, 0.15) is 23.4 Å². The number of carbonyl (C=O) groups excluding carboxylic acids is 4. The second kappa shape index (κ2) is 9.92. The molecule has 0 bridgehead atoms. The number of ether oxygens (including phenoxy) is 4. The van der Waals surface area contributed by atoms with Crippen molar-refractivity contribution in [2.45, 2.75) is 44.7 Å². The van der Waals surface area contributed by atoms with Crippen LogP contribution in [-0.4, -0.2) is 65.7 Å². The maximum atomic E-state index is 12.5. The average molecular weight is 465 g/mol. The van der Waals surface area contributed by atoms with Crippen LogP contribution in [-0.2, 0) is 33.3 Å². The van der Waals surface area contributed by atoms with E-state index in [1.165, 1.54) is 19.2 Å². The first-order chi connectivity index (χ1) is 15.2. The highest BCUT2D eigenvalue weighted by atomic mass is 32.1. The zero-order valence-corrected chi connectivity index (χ0v) is 18.5. The van der Waals surface area contributed by atoms with Crippen molar-refractivity contribution in [1.29, 1.82) is 0 Å². The van der Waals surface area contributed by atoms with E-state index >= 15 is 0 Å². The predicted octanol–water partition coefficient (Wildman–Crippen LogP) is 0.822. The minimum Gasteiger partial charge on any atom is -0.459 e. The summed E-state index contributed by atoms with van der Waals surface area (Å²) in [6.45, 7) is 2.14.